The summed E-state index contributed by atoms with van der Waals surface area (Å²) in [5, 5.41) is 11.2. The Balaban J connectivity index is 1.74. The van der Waals surface area contributed by atoms with E-state index in [4.69, 9.17) is 13.6 Å². The third-order valence-electron chi connectivity index (χ3n) is 8.42. The van der Waals surface area contributed by atoms with Crippen molar-refractivity contribution in [1.29, 1.82) is 5.26 Å². The number of hydrogen-bond acceptors (Lipinski definition) is 4. The molecule has 0 atom stereocenters. The maximum atomic E-state index is 17.1. The van der Waals surface area contributed by atoms with Crippen LogP contribution in [0.5, 0.6) is 11.5 Å². The largest absolute Gasteiger partial charge is 0.564 e. The Hall–Kier alpha value is -5.96. The number of para-hydroxylation sites is 2. The maximum absolute atomic E-state index is 17.1. The Morgan fingerprint density at radius 2 is 0.857 bits per heavy atom. The van der Waals surface area contributed by atoms with Crippen LogP contribution in [0.4, 0.5) is 23.2 Å². The second-order valence-electron chi connectivity index (χ2n) is 12.0. The Labute approximate surface area is 322 Å². The minimum absolute atomic E-state index is 0.0995. The minimum Gasteiger partial charge on any atom is -0.399 e. The molecule has 0 unspecified atom stereocenters. The molecule has 7 rings (SSSR count). The van der Waals surface area contributed by atoms with Gasteiger partial charge in [-0.3, -0.25) is 4.44 Å². The van der Waals surface area contributed by atoms with Crippen LogP contribution in [-0.2, 0) is 4.57 Å². The summed E-state index contributed by atoms with van der Waals surface area (Å²) in [7, 11) is -11.6. The second-order valence-corrected chi connectivity index (χ2v) is 19.0. The molecule has 0 saturated carbocycles. The van der Waals surface area contributed by atoms with E-state index < -0.39 is 57.5 Å². The lowest BCUT2D eigenvalue weighted by atomic mass is 10.1. The Morgan fingerprint density at radius 3 is 1.21 bits per heavy atom. The van der Waals surface area contributed by atoms with Crippen LogP contribution in [0.3, 0.4) is 0 Å². The van der Waals surface area contributed by atoms with Gasteiger partial charge in [0, 0.05) is 21.2 Å². The number of nitriles is 1. The Kier molecular flexibility index (Phi) is 11.5. The van der Waals surface area contributed by atoms with Crippen LogP contribution in [-0.4, -0.2) is 0 Å². The van der Waals surface area contributed by atoms with E-state index in [0.29, 0.717) is 10.6 Å². The van der Waals surface area contributed by atoms with Crippen LogP contribution in [0.15, 0.2) is 187 Å². The van der Waals surface area contributed by atoms with E-state index in [9.17, 15) is 5.26 Å². The van der Waals surface area contributed by atoms with Gasteiger partial charge in [-0.05, 0) is 24.3 Å². The number of nitrogens with zero attached hydrogens (tertiary/aromatic N) is 3. The number of rotatable bonds is 12. The first kappa shape index (κ1) is 38.3. The molecule has 0 fully saturated rings. The molecule has 7 aromatic carbocycles. The molecular weight excluding hydrogens is 775 g/mol. The molecule has 0 heterocycles. The van der Waals surface area contributed by atoms with Crippen molar-refractivity contribution in [3.05, 3.63) is 211 Å². The quantitative estimate of drug-likeness (QED) is 0.0698. The summed E-state index contributed by atoms with van der Waals surface area (Å²) in [6, 6.07) is 51.5. The predicted octanol–water partition coefficient (Wildman–Crippen LogP) is 11.0. The van der Waals surface area contributed by atoms with Crippen LogP contribution in [0.2, 0.25) is 0 Å². The standard InChI is InChI=1S/C43H30F4N3O3P3/c44-39-38(31-48)40(45)42(47)43(41(39)46)50(54(34-23-11-3-12-24-34)35-25-13-4-14-26-35)55(36-27-15-5-16-28-36,37-29-17-6-18-30-37)49-56(51,52-32-19-7-1-8-20-32)53-33-21-9-2-10-22-33/h1-30H. The van der Waals surface area contributed by atoms with Crippen LogP contribution >= 0.6 is 23.0 Å². The zero-order valence-corrected chi connectivity index (χ0v) is 31.9. The lowest BCUT2D eigenvalue weighted by Gasteiger charge is -2.44. The molecule has 0 spiro atoms. The molecule has 278 valence electrons. The summed E-state index contributed by atoms with van der Waals surface area (Å²) < 4.78 is 101. The summed E-state index contributed by atoms with van der Waals surface area (Å²) in [5.74, 6) is -7.27. The summed E-state index contributed by atoms with van der Waals surface area (Å²) in [4.78, 5) is 0. The van der Waals surface area contributed by atoms with Crippen LogP contribution < -0.4 is 34.7 Å². The van der Waals surface area contributed by atoms with Gasteiger partial charge in [-0.1, -0.05) is 158 Å². The second kappa shape index (κ2) is 16.8. The molecule has 0 bridgehead atoms. The lowest BCUT2D eigenvalue weighted by Crippen LogP contribution is -2.36. The van der Waals surface area contributed by atoms with Crippen molar-refractivity contribution in [3.8, 4) is 17.6 Å². The van der Waals surface area contributed by atoms with Crippen molar-refractivity contribution < 1.29 is 31.2 Å². The summed E-state index contributed by atoms with van der Waals surface area (Å²) in [6.07, 6.45) is 0. The highest BCUT2D eigenvalue weighted by molar-refractivity contribution is 7.96. The third kappa shape index (κ3) is 7.63. The number of benzene rings is 7. The van der Waals surface area contributed by atoms with Gasteiger partial charge < -0.3 is 9.05 Å². The molecule has 0 amide bonds. The molecule has 56 heavy (non-hydrogen) atoms. The van der Waals surface area contributed by atoms with E-state index in [1.807, 2.05) is 0 Å². The van der Waals surface area contributed by atoms with Crippen molar-refractivity contribution in [2.75, 3.05) is 4.44 Å². The van der Waals surface area contributed by atoms with E-state index in [1.54, 1.807) is 182 Å². The summed E-state index contributed by atoms with van der Waals surface area (Å²) in [6.45, 7) is 0. The highest BCUT2D eigenvalue weighted by Gasteiger charge is 2.47. The van der Waals surface area contributed by atoms with Gasteiger partial charge >= 0.3 is 7.75 Å². The lowest BCUT2D eigenvalue weighted by molar-refractivity contribution is 0.388. The Bertz CT molecular complexity index is 2430. The number of hydrogen-bond donors (Lipinski definition) is 0. The first-order valence-electron chi connectivity index (χ1n) is 17.1. The van der Waals surface area contributed by atoms with E-state index in [2.05, 4.69) is 0 Å². The third-order valence-corrected chi connectivity index (χ3v) is 17.5. The normalized spacial score (nSPS) is 11.4. The van der Waals surface area contributed by atoms with Crippen molar-refractivity contribution in [2.45, 2.75) is 0 Å². The van der Waals surface area contributed by atoms with Gasteiger partial charge in [-0.15, -0.1) is 4.52 Å². The van der Waals surface area contributed by atoms with Gasteiger partial charge in [-0.2, -0.15) is 5.26 Å². The molecule has 0 aliphatic carbocycles. The van der Waals surface area contributed by atoms with E-state index >= 15 is 22.1 Å². The van der Waals surface area contributed by atoms with Crippen molar-refractivity contribution in [1.82, 2.24) is 0 Å². The fraction of sp³-hybridized carbons (Fsp3) is 0. The van der Waals surface area contributed by atoms with Crippen LogP contribution in [0, 0.1) is 34.6 Å². The average molecular weight is 806 g/mol. The average Bonchev–Trinajstić information content (AvgIpc) is 3.24. The Morgan fingerprint density at radius 1 is 0.518 bits per heavy atom. The van der Waals surface area contributed by atoms with Crippen molar-refractivity contribution in [3.63, 3.8) is 0 Å². The van der Waals surface area contributed by atoms with E-state index in [1.165, 1.54) is 10.5 Å². The topological polar surface area (TPSA) is 74.9 Å². The zero-order chi connectivity index (χ0) is 39.1. The predicted molar refractivity (Wildman–Crippen MR) is 216 cm³/mol. The molecule has 6 nitrogen and oxygen atoms in total. The SMILES string of the molecule is N#Cc1c(F)c(F)c(N(P(c2ccccc2)c2ccccc2)P(=NP(=O)(Oc2ccccc2)Oc2ccccc2)(c2ccccc2)c2ccccc2)c(F)c1F. The number of anilines is 1. The highest BCUT2D eigenvalue weighted by Crippen LogP contribution is 2.70. The molecule has 0 radical (unpaired) electrons. The van der Waals surface area contributed by atoms with Gasteiger partial charge in [0.05, 0.1) is 8.07 Å². The first-order valence-corrected chi connectivity index (χ1v) is 21.6. The fourth-order valence-electron chi connectivity index (χ4n) is 6.00. The van der Waals surface area contributed by atoms with Gasteiger partial charge in [0.1, 0.15) is 36.0 Å². The highest BCUT2D eigenvalue weighted by atomic mass is 31.2. The smallest absolute Gasteiger partial charge is 0.399 e. The van der Waals surface area contributed by atoms with E-state index in [0.717, 1.165) is 0 Å². The van der Waals surface area contributed by atoms with Gasteiger partial charge in [0.25, 0.3) is 0 Å². The molecule has 13 heteroatoms. The molecule has 7 aromatic rings. The molecule has 0 N–H and O–H groups in total. The van der Waals surface area contributed by atoms with Crippen molar-refractivity contribution in [2.24, 2.45) is 4.52 Å². The monoisotopic (exact) mass is 805 g/mol. The molecular formula is C43H30F4N3O3P3. The molecule has 0 saturated heterocycles. The van der Waals surface area contributed by atoms with Crippen LogP contribution in [0.25, 0.3) is 0 Å². The maximum Gasteiger partial charge on any atom is 0.564 e. The molecule has 0 aliphatic heterocycles. The molecule has 0 aromatic heterocycles. The fourth-order valence-corrected chi connectivity index (χ4v) is 16.5. The van der Waals surface area contributed by atoms with E-state index in [-0.39, 0.29) is 22.1 Å². The first-order chi connectivity index (χ1) is 27.3. The van der Waals surface area contributed by atoms with Crippen molar-refractivity contribution >= 4 is 49.9 Å². The van der Waals surface area contributed by atoms with Crippen LogP contribution in [0.1, 0.15) is 5.56 Å². The minimum atomic E-state index is -4.92. The number of halogens is 4. The zero-order valence-electron chi connectivity index (χ0n) is 29.2. The van der Waals surface area contributed by atoms with Gasteiger partial charge in [0.15, 0.2) is 23.3 Å². The van der Waals surface area contributed by atoms with Gasteiger partial charge in [-0.25, -0.2) is 22.1 Å². The summed E-state index contributed by atoms with van der Waals surface area (Å²) in [5.41, 5.74) is -2.59. The summed E-state index contributed by atoms with van der Waals surface area (Å²) >= 11 is 0. The van der Waals surface area contributed by atoms with Gasteiger partial charge in [0.2, 0.25) is 0 Å². The molecule has 0 aliphatic rings.